The van der Waals surface area contributed by atoms with E-state index in [0.29, 0.717) is 24.0 Å². The SMILES string of the molecule is CCOc1ccc(C=O)c(C)c1F. The molecule has 0 aliphatic rings. The van der Waals surface area contributed by atoms with Crippen LogP contribution in [0.3, 0.4) is 0 Å². The summed E-state index contributed by atoms with van der Waals surface area (Å²) >= 11 is 0. The molecule has 0 heterocycles. The van der Waals surface area contributed by atoms with E-state index in [9.17, 15) is 9.18 Å². The molecule has 0 atom stereocenters. The average Bonchev–Trinajstić information content (AvgIpc) is 2.14. The summed E-state index contributed by atoms with van der Waals surface area (Å²) < 4.78 is 18.4. The molecule has 0 aliphatic carbocycles. The second-order valence-corrected chi connectivity index (χ2v) is 2.64. The molecule has 0 fully saturated rings. The number of benzene rings is 1. The largest absolute Gasteiger partial charge is 0.491 e. The third-order valence-corrected chi connectivity index (χ3v) is 1.82. The predicted molar refractivity (Wildman–Crippen MR) is 47.7 cm³/mol. The van der Waals surface area contributed by atoms with Gasteiger partial charge in [-0.1, -0.05) is 0 Å². The van der Waals surface area contributed by atoms with E-state index in [4.69, 9.17) is 4.74 Å². The third-order valence-electron chi connectivity index (χ3n) is 1.82. The van der Waals surface area contributed by atoms with Crippen molar-refractivity contribution in [3.8, 4) is 5.75 Å². The minimum Gasteiger partial charge on any atom is -0.491 e. The van der Waals surface area contributed by atoms with Crippen LogP contribution in [-0.2, 0) is 0 Å². The highest BCUT2D eigenvalue weighted by Gasteiger charge is 2.09. The number of ether oxygens (including phenoxy) is 1. The molecule has 0 bridgehead atoms. The van der Waals surface area contributed by atoms with Crippen LogP contribution in [-0.4, -0.2) is 12.9 Å². The first-order valence-electron chi connectivity index (χ1n) is 4.07. The zero-order valence-corrected chi connectivity index (χ0v) is 7.63. The molecule has 1 aromatic carbocycles. The Morgan fingerprint density at radius 3 is 2.77 bits per heavy atom. The van der Waals surface area contributed by atoms with Crippen molar-refractivity contribution in [2.75, 3.05) is 6.61 Å². The van der Waals surface area contributed by atoms with E-state index in [-0.39, 0.29) is 5.75 Å². The van der Waals surface area contributed by atoms with Gasteiger partial charge in [0.15, 0.2) is 11.6 Å². The second kappa shape index (κ2) is 4.03. The summed E-state index contributed by atoms with van der Waals surface area (Å²) in [6.45, 7) is 3.75. The lowest BCUT2D eigenvalue weighted by Gasteiger charge is -2.07. The second-order valence-electron chi connectivity index (χ2n) is 2.64. The molecule has 0 saturated carbocycles. The first-order valence-corrected chi connectivity index (χ1v) is 4.07. The lowest BCUT2D eigenvalue weighted by molar-refractivity contribution is 0.112. The van der Waals surface area contributed by atoms with Crippen LogP contribution < -0.4 is 4.74 Å². The minimum absolute atomic E-state index is 0.200. The van der Waals surface area contributed by atoms with Gasteiger partial charge in [-0.15, -0.1) is 0 Å². The molecule has 0 radical (unpaired) electrons. The smallest absolute Gasteiger partial charge is 0.168 e. The van der Waals surface area contributed by atoms with E-state index in [1.165, 1.54) is 6.07 Å². The van der Waals surface area contributed by atoms with Crippen LogP contribution in [0.5, 0.6) is 5.75 Å². The summed E-state index contributed by atoms with van der Waals surface area (Å²) in [5, 5.41) is 0. The quantitative estimate of drug-likeness (QED) is 0.670. The van der Waals surface area contributed by atoms with Gasteiger partial charge in [-0.25, -0.2) is 4.39 Å². The molecular weight excluding hydrogens is 171 g/mol. The molecule has 0 aromatic heterocycles. The van der Waals surface area contributed by atoms with Gasteiger partial charge in [0.05, 0.1) is 6.61 Å². The van der Waals surface area contributed by atoms with Gasteiger partial charge in [0.25, 0.3) is 0 Å². The fourth-order valence-electron chi connectivity index (χ4n) is 1.07. The van der Waals surface area contributed by atoms with E-state index in [2.05, 4.69) is 0 Å². The van der Waals surface area contributed by atoms with Gasteiger partial charge in [-0.2, -0.15) is 0 Å². The van der Waals surface area contributed by atoms with Gasteiger partial charge in [-0.3, -0.25) is 4.79 Å². The van der Waals surface area contributed by atoms with Gasteiger partial charge < -0.3 is 4.74 Å². The molecule has 0 N–H and O–H groups in total. The standard InChI is InChI=1S/C10H11FO2/c1-3-13-9-5-4-8(6-12)7(2)10(9)11/h4-6H,3H2,1-2H3. The Morgan fingerprint density at radius 2 is 2.23 bits per heavy atom. The molecular formula is C10H11FO2. The van der Waals surface area contributed by atoms with E-state index in [0.717, 1.165) is 0 Å². The molecule has 0 amide bonds. The first kappa shape index (κ1) is 9.71. The fourth-order valence-corrected chi connectivity index (χ4v) is 1.07. The zero-order chi connectivity index (χ0) is 9.84. The molecule has 1 rings (SSSR count). The van der Waals surface area contributed by atoms with E-state index >= 15 is 0 Å². The van der Waals surface area contributed by atoms with Gasteiger partial charge in [-0.05, 0) is 31.5 Å². The number of rotatable bonds is 3. The Labute approximate surface area is 76.3 Å². The monoisotopic (exact) mass is 182 g/mol. The molecule has 13 heavy (non-hydrogen) atoms. The maximum Gasteiger partial charge on any atom is 0.168 e. The number of halogens is 1. The van der Waals surface area contributed by atoms with Crippen molar-refractivity contribution < 1.29 is 13.9 Å². The molecule has 0 spiro atoms. The van der Waals surface area contributed by atoms with Crippen molar-refractivity contribution in [3.05, 3.63) is 29.1 Å². The van der Waals surface area contributed by atoms with Crippen LogP contribution in [0, 0.1) is 12.7 Å². The van der Waals surface area contributed by atoms with E-state index in [1.54, 1.807) is 19.9 Å². The summed E-state index contributed by atoms with van der Waals surface area (Å²) in [5.41, 5.74) is 0.696. The van der Waals surface area contributed by atoms with Crippen molar-refractivity contribution in [1.29, 1.82) is 0 Å². The highest BCUT2D eigenvalue weighted by Crippen LogP contribution is 2.22. The lowest BCUT2D eigenvalue weighted by atomic mass is 10.1. The number of hydrogen-bond acceptors (Lipinski definition) is 2. The Hall–Kier alpha value is -1.38. The highest BCUT2D eigenvalue weighted by atomic mass is 19.1. The maximum absolute atomic E-state index is 13.4. The fraction of sp³-hybridized carbons (Fsp3) is 0.300. The van der Waals surface area contributed by atoms with Gasteiger partial charge in [0, 0.05) is 5.56 Å². The number of aldehydes is 1. The van der Waals surface area contributed by atoms with Gasteiger partial charge in [0.1, 0.15) is 6.29 Å². The highest BCUT2D eigenvalue weighted by molar-refractivity contribution is 5.77. The summed E-state index contributed by atoms with van der Waals surface area (Å²) in [5.74, 6) is -0.253. The molecule has 0 aliphatic heterocycles. The number of hydrogen-bond donors (Lipinski definition) is 0. The van der Waals surface area contributed by atoms with Gasteiger partial charge in [0.2, 0.25) is 0 Å². The summed E-state index contributed by atoms with van der Waals surface area (Å²) in [7, 11) is 0. The van der Waals surface area contributed by atoms with Crippen LogP contribution >= 0.6 is 0 Å². The Morgan fingerprint density at radius 1 is 1.54 bits per heavy atom. The zero-order valence-electron chi connectivity index (χ0n) is 7.63. The van der Waals surface area contributed by atoms with Crippen LogP contribution in [0.4, 0.5) is 4.39 Å². The van der Waals surface area contributed by atoms with E-state index in [1.807, 2.05) is 0 Å². The topological polar surface area (TPSA) is 26.3 Å². The lowest BCUT2D eigenvalue weighted by Crippen LogP contribution is -1.98. The van der Waals surface area contributed by atoms with Crippen molar-refractivity contribution >= 4 is 6.29 Å². The molecule has 0 saturated heterocycles. The van der Waals surface area contributed by atoms with Crippen molar-refractivity contribution in [2.45, 2.75) is 13.8 Å². The minimum atomic E-state index is -0.452. The normalized spacial score (nSPS) is 9.77. The molecule has 1 aromatic rings. The third kappa shape index (κ3) is 1.86. The van der Waals surface area contributed by atoms with Crippen LogP contribution in [0.2, 0.25) is 0 Å². The van der Waals surface area contributed by atoms with Crippen molar-refractivity contribution in [3.63, 3.8) is 0 Å². The summed E-state index contributed by atoms with van der Waals surface area (Å²) in [6, 6.07) is 3.02. The van der Waals surface area contributed by atoms with Crippen molar-refractivity contribution in [1.82, 2.24) is 0 Å². The number of carbonyl (C=O) groups excluding carboxylic acids is 1. The Bertz CT molecular complexity index is 321. The van der Waals surface area contributed by atoms with Gasteiger partial charge >= 0.3 is 0 Å². The molecule has 70 valence electrons. The Balaban J connectivity index is 3.14. The average molecular weight is 182 g/mol. The summed E-state index contributed by atoms with van der Waals surface area (Å²) in [6.07, 6.45) is 0.633. The molecule has 2 nitrogen and oxygen atoms in total. The maximum atomic E-state index is 13.4. The molecule has 0 unspecified atom stereocenters. The van der Waals surface area contributed by atoms with Crippen LogP contribution in [0.15, 0.2) is 12.1 Å². The first-order chi connectivity index (χ1) is 6.20. The summed E-state index contributed by atoms with van der Waals surface area (Å²) in [4.78, 5) is 10.4. The Kier molecular flexibility index (Phi) is 3.01. The van der Waals surface area contributed by atoms with Crippen LogP contribution in [0.1, 0.15) is 22.8 Å². The number of carbonyl (C=O) groups is 1. The van der Waals surface area contributed by atoms with E-state index < -0.39 is 5.82 Å². The predicted octanol–water partition coefficient (Wildman–Crippen LogP) is 2.35. The molecule has 3 heteroatoms. The van der Waals surface area contributed by atoms with Crippen LogP contribution in [0.25, 0.3) is 0 Å². The van der Waals surface area contributed by atoms with Crippen molar-refractivity contribution in [2.24, 2.45) is 0 Å².